The molecule has 0 aliphatic heterocycles. The minimum Gasteiger partial charge on any atom is -0.478 e. The highest BCUT2D eigenvalue weighted by Crippen LogP contribution is 1.97. The van der Waals surface area contributed by atoms with Gasteiger partial charge in [0.1, 0.15) is 5.82 Å². The van der Waals surface area contributed by atoms with Gasteiger partial charge in [0, 0.05) is 24.0 Å². The average molecular weight is 164 g/mol. The Balaban J connectivity index is 2.77. The van der Waals surface area contributed by atoms with E-state index in [1.54, 1.807) is 19.3 Å². The third kappa shape index (κ3) is 2.49. The van der Waals surface area contributed by atoms with Crippen molar-refractivity contribution in [2.45, 2.75) is 6.92 Å². The number of carboxylic acid groups (broad SMARTS) is 1. The van der Waals surface area contributed by atoms with Crippen LogP contribution >= 0.6 is 0 Å². The molecule has 1 heterocycles. The predicted molar refractivity (Wildman–Crippen MR) is 43.4 cm³/mol. The van der Waals surface area contributed by atoms with Gasteiger partial charge >= 0.3 is 5.97 Å². The Bertz CT molecular complexity index is 303. The second-order valence-corrected chi connectivity index (χ2v) is 2.24. The fourth-order valence-corrected chi connectivity index (χ4v) is 0.656. The highest BCUT2D eigenvalue weighted by atomic mass is 16.4. The van der Waals surface area contributed by atoms with E-state index >= 15 is 0 Å². The van der Waals surface area contributed by atoms with Crippen molar-refractivity contribution in [3.63, 3.8) is 0 Å². The lowest BCUT2D eigenvalue weighted by molar-refractivity contribution is -0.131. The molecule has 0 spiro atoms. The van der Waals surface area contributed by atoms with Crippen molar-refractivity contribution in [2.75, 3.05) is 0 Å². The van der Waals surface area contributed by atoms with E-state index in [1.807, 2.05) is 0 Å². The molecule has 0 aliphatic carbocycles. The van der Waals surface area contributed by atoms with Gasteiger partial charge in [-0.05, 0) is 13.0 Å². The first-order valence-electron chi connectivity index (χ1n) is 3.38. The molecule has 1 rings (SSSR count). The summed E-state index contributed by atoms with van der Waals surface area (Å²) in [5.41, 5.74) is 0.683. The van der Waals surface area contributed by atoms with E-state index in [2.05, 4.69) is 9.97 Å². The van der Waals surface area contributed by atoms with Crippen LogP contribution in [0.1, 0.15) is 11.4 Å². The second kappa shape index (κ2) is 3.61. The highest BCUT2D eigenvalue weighted by molar-refractivity contribution is 5.85. The fraction of sp³-hybridized carbons (Fsp3) is 0.125. The molecule has 1 aromatic rings. The van der Waals surface area contributed by atoms with E-state index in [4.69, 9.17) is 5.11 Å². The Kier molecular flexibility index (Phi) is 2.53. The third-order valence-electron chi connectivity index (χ3n) is 1.22. The number of hydrogen-bond acceptors (Lipinski definition) is 3. The number of aryl methyl sites for hydroxylation is 1. The number of aromatic nitrogens is 2. The monoisotopic (exact) mass is 164 g/mol. The van der Waals surface area contributed by atoms with Gasteiger partial charge in [0.2, 0.25) is 0 Å². The van der Waals surface area contributed by atoms with Gasteiger partial charge in [0.15, 0.2) is 0 Å². The smallest absolute Gasteiger partial charge is 0.328 e. The van der Waals surface area contributed by atoms with Gasteiger partial charge in [-0.2, -0.15) is 0 Å². The van der Waals surface area contributed by atoms with E-state index in [-0.39, 0.29) is 0 Å². The molecule has 4 heteroatoms. The predicted octanol–water partition coefficient (Wildman–Crippen LogP) is 0.883. The molecule has 0 saturated carbocycles. The zero-order valence-electron chi connectivity index (χ0n) is 6.56. The quantitative estimate of drug-likeness (QED) is 0.659. The average Bonchev–Trinajstić information content (AvgIpc) is 2.03. The number of rotatable bonds is 2. The van der Waals surface area contributed by atoms with Crippen LogP contribution in [0.4, 0.5) is 0 Å². The summed E-state index contributed by atoms with van der Waals surface area (Å²) in [4.78, 5) is 17.9. The Morgan fingerprint density at radius 1 is 1.50 bits per heavy atom. The van der Waals surface area contributed by atoms with Crippen LogP contribution in [0.3, 0.4) is 0 Å². The maximum Gasteiger partial charge on any atom is 0.328 e. The van der Waals surface area contributed by atoms with Gasteiger partial charge in [0.25, 0.3) is 0 Å². The molecule has 0 fully saturated rings. The van der Waals surface area contributed by atoms with Crippen molar-refractivity contribution < 1.29 is 9.90 Å². The molecular weight excluding hydrogens is 156 g/mol. The summed E-state index contributed by atoms with van der Waals surface area (Å²) in [5, 5.41) is 8.30. The summed E-state index contributed by atoms with van der Waals surface area (Å²) in [7, 11) is 0. The van der Waals surface area contributed by atoms with Crippen LogP contribution in [-0.4, -0.2) is 21.0 Å². The zero-order valence-corrected chi connectivity index (χ0v) is 6.56. The van der Waals surface area contributed by atoms with Crippen LogP contribution in [0, 0.1) is 6.92 Å². The van der Waals surface area contributed by atoms with Crippen LogP contribution in [0.5, 0.6) is 0 Å². The molecule has 0 bridgehead atoms. The highest BCUT2D eigenvalue weighted by Gasteiger charge is 1.90. The van der Waals surface area contributed by atoms with Gasteiger partial charge in [-0.1, -0.05) is 0 Å². The number of carboxylic acids is 1. The second-order valence-electron chi connectivity index (χ2n) is 2.24. The van der Waals surface area contributed by atoms with Crippen LogP contribution < -0.4 is 0 Å². The summed E-state index contributed by atoms with van der Waals surface area (Å²) in [6.45, 7) is 1.77. The minimum absolute atomic E-state index is 0.669. The Morgan fingerprint density at radius 3 is 2.58 bits per heavy atom. The molecule has 0 unspecified atom stereocenters. The molecular formula is C8H8N2O2. The Morgan fingerprint density at radius 2 is 2.08 bits per heavy atom. The van der Waals surface area contributed by atoms with E-state index in [1.165, 1.54) is 6.08 Å². The molecule has 4 nitrogen and oxygen atoms in total. The van der Waals surface area contributed by atoms with Crippen LogP contribution in [0.2, 0.25) is 0 Å². The van der Waals surface area contributed by atoms with E-state index < -0.39 is 5.97 Å². The van der Waals surface area contributed by atoms with Gasteiger partial charge in [-0.25, -0.2) is 14.8 Å². The van der Waals surface area contributed by atoms with Gasteiger partial charge in [0.05, 0.1) is 0 Å². The normalized spacial score (nSPS) is 10.4. The van der Waals surface area contributed by atoms with E-state index in [0.717, 1.165) is 6.08 Å². The van der Waals surface area contributed by atoms with Crippen LogP contribution in [0.15, 0.2) is 18.5 Å². The lowest BCUT2D eigenvalue weighted by Gasteiger charge is -1.91. The maximum absolute atomic E-state index is 10.1. The number of aliphatic carboxylic acids is 1. The molecule has 0 amide bonds. The van der Waals surface area contributed by atoms with Crippen molar-refractivity contribution in [3.05, 3.63) is 29.9 Å². The molecule has 12 heavy (non-hydrogen) atoms. The molecule has 0 saturated heterocycles. The fourth-order valence-electron chi connectivity index (χ4n) is 0.656. The van der Waals surface area contributed by atoms with Crippen LogP contribution in [-0.2, 0) is 4.79 Å². The van der Waals surface area contributed by atoms with Gasteiger partial charge in [-0.3, -0.25) is 0 Å². The first kappa shape index (κ1) is 8.39. The third-order valence-corrected chi connectivity index (χ3v) is 1.22. The zero-order chi connectivity index (χ0) is 8.97. The van der Waals surface area contributed by atoms with Gasteiger partial charge in [-0.15, -0.1) is 0 Å². The van der Waals surface area contributed by atoms with Gasteiger partial charge < -0.3 is 5.11 Å². The molecule has 62 valence electrons. The van der Waals surface area contributed by atoms with Crippen LogP contribution in [0.25, 0.3) is 6.08 Å². The molecule has 0 aliphatic rings. The summed E-state index contributed by atoms with van der Waals surface area (Å²) >= 11 is 0. The topological polar surface area (TPSA) is 63.1 Å². The molecule has 0 aromatic carbocycles. The molecule has 1 aromatic heterocycles. The van der Waals surface area contributed by atoms with Crippen molar-refractivity contribution in [2.24, 2.45) is 0 Å². The molecule has 0 atom stereocenters. The minimum atomic E-state index is -0.976. The maximum atomic E-state index is 10.1. The largest absolute Gasteiger partial charge is 0.478 e. The lowest BCUT2D eigenvalue weighted by Crippen LogP contribution is -1.88. The lowest BCUT2D eigenvalue weighted by atomic mass is 10.3. The Hall–Kier alpha value is -1.71. The van der Waals surface area contributed by atoms with E-state index in [0.29, 0.717) is 11.4 Å². The van der Waals surface area contributed by atoms with Crippen molar-refractivity contribution in [1.82, 2.24) is 9.97 Å². The van der Waals surface area contributed by atoms with Crippen molar-refractivity contribution in [3.8, 4) is 0 Å². The first-order chi connectivity index (χ1) is 5.68. The summed E-state index contributed by atoms with van der Waals surface area (Å²) in [6, 6.07) is 0. The summed E-state index contributed by atoms with van der Waals surface area (Å²) in [6.07, 6.45) is 5.64. The first-order valence-corrected chi connectivity index (χ1v) is 3.38. The Labute approximate surface area is 69.6 Å². The SMILES string of the molecule is Cc1ncc(C=CC(=O)O)cn1. The number of carbonyl (C=O) groups is 1. The number of nitrogens with zero attached hydrogens (tertiary/aromatic N) is 2. The molecule has 1 N–H and O–H groups in total. The standard InChI is InChI=1S/C8H8N2O2/c1-6-9-4-7(5-10-6)2-3-8(11)12/h2-5H,1H3,(H,11,12). The summed E-state index contributed by atoms with van der Waals surface area (Å²) in [5.74, 6) is -0.307. The van der Waals surface area contributed by atoms with E-state index in [9.17, 15) is 4.79 Å². The molecule has 0 radical (unpaired) electrons. The van der Waals surface area contributed by atoms with Crippen molar-refractivity contribution in [1.29, 1.82) is 0 Å². The number of hydrogen-bond donors (Lipinski definition) is 1. The van der Waals surface area contributed by atoms with Crippen molar-refractivity contribution >= 4 is 12.0 Å². The summed E-state index contributed by atoms with van der Waals surface area (Å²) < 4.78 is 0.